The summed E-state index contributed by atoms with van der Waals surface area (Å²) in [6.45, 7) is 0.128. The SMILES string of the molecule is COCC(N)C(=O)NC1(C(=O)OC)CCCC1.Cl. The molecule has 1 aliphatic rings. The van der Waals surface area contributed by atoms with E-state index in [1.54, 1.807) is 0 Å². The predicted molar refractivity (Wildman–Crippen MR) is 68.5 cm³/mol. The minimum atomic E-state index is -0.892. The largest absolute Gasteiger partial charge is 0.467 e. The number of hydrogen-bond acceptors (Lipinski definition) is 5. The van der Waals surface area contributed by atoms with Crippen molar-refractivity contribution in [2.24, 2.45) is 5.73 Å². The van der Waals surface area contributed by atoms with Gasteiger partial charge in [-0.25, -0.2) is 4.79 Å². The second-order valence-electron chi connectivity index (χ2n) is 4.33. The predicted octanol–water partition coefficient (Wildman–Crippen LogP) is -0.0161. The quantitative estimate of drug-likeness (QED) is 0.691. The minimum Gasteiger partial charge on any atom is -0.467 e. The number of rotatable bonds is 5. The average Bonchev–Trinajstić information content (AvgIpc) is 2.78. The summed E-state index contributed by atoms with van der Waals surface area (Å²) >= 11 is 0. The van der Waals surface area contributed by atoms with Crippen molar-refractivity contribution < 1.29 is 19.1 Å². The van der Waals surface area contributed by atoms with Gasteiger partial charge in [0.25, 0.3) is 0 Å². The Hall–Kier alpha value is -0.850. The number of nitrogens with one attached hydrogen (secondary N) is 1. The summed E-state index contributed by atoms with van der Waals surface area (Å²) in [5, 5.41) is 2.71. The van der Waals surface area contributed by atoms with Crippen LogP contribution in [0.15, 0.2) is 0 Å². The number of carbonyl (C=O) groups is 2. The summed E-state index contributed by atoms with van der Waals surface area (Å²) in [6.07, 6.45) is 3.00. The Balaban J connectivity index is 0.00000289. The molecule has 1 fully saturated rings. The van der Waals surface area contributed by atoms with E-state index in [1.807, 2.05) is 0 Å². The molecule has 3 N–H and O–H groups in total. The van der Waals surface area contributed by atoms with Crippen molar-refractivity contribution >= 4 is 24.3 Å². The lowest BCUT2D eigenvalue weighted by Gasteiger charge is -2.28. The Morgan fingerprint density at radius 3 is 2.33 bits per heavy atom. The van der Waals surface area contributed by atoms with E-state index in [0.717, 1.165) is 12.8 Å². The highest BCUT2D eigenvalue weighted by Gasteiger charge is 2.44. The van der Waals surface area contributed by atoms with Crippen molar-refractivity contribution in [3.63, 3.8) is 0 Å². The monoisotopic (exact) mass is 280 g/mol. The first-order chi connectivity index (χ1) is 8.05. The van der Waals surface area contributed by atoms with E-state index in [0.29, 0.717) is 12.8 Å². The Labute approximate surface area is 113 Å². The van der Waals surface area contributed by atoms with Gasteiger partial charge in [0, 0.05) is 7.11 Å². The first-order valence-electron chi connectivity index (χ1n) is 5.70. The van der Waals surface area contributed by atoms with E-state index in [4.69, 9.17) is 15.2 Å². The van der Waals surface area contributed by atoms with Crippen LogP contribution in [0.25, 0.3) is 0 Å². The molecule has 18 heavy (non-hydrogen) atoms. The molecule has 1 aliphatic carbocycles. The molecule has 0 saturated heterocycles. The summed E-state index contributed by atoms with van der Waals surface area (Å²) in [5.41, 5.74) is 4.73. The highest BCUT2D eigenvalue weighted by molar-refractivity contribution is 5.90. The van der Waals surface area contributed by atoms with Gasteiger partial charge >= 0.3 is 5.97 Å². The lowest BCUT2D eigenvalue weighted by Crippen LogP contribution is -2.57. The van der Waals surface area contributed by atoms with Gasteiger partial charge in [-0.3, -0.25) is 4.79 Å². The highest BCUT2D eigenvalue weighted by atomic mass is 35.5. The smallest absolute Gasteiger partial charge is 0.331 e. The van der Waals surface area contributed by atoms with Gasteiger partial charge in [-0.1, -0.05) is 12.8 Å². The molecule has 1 unspecified atom stereocenters. The Kier molecular flexibility index (Phi) is 7.20. The molecule has 0 heterocycles. The normalized spacial score (nSPS) is 18.6. The van der Waals surface area contributed by atoms with Gasteiger partial charge in [0.1, 0.15) is 11.6 Å². The molecular formula is C11H21ClN2O4. The molecule has 7 heteroatoms. The zero-order chi connectivity index (χ0) is 12.9. The molecule has 6 nitrogen and oxygen atoms in total. The molecule has 0 aliphatic heterocycles. The van der Waals surface area contributed by atoms with E-state index in [1.165, 1.54) is 14.2 Å². The topological polar surface area (TPSA) is 90.6 Å². The molecule has 0 bridgehead atoms. The second kappa shape index (κ2) is 7.56. The van der Waals surface area contributed by atoms with Crippen LogP contribution in [0.5, 0.6) is 0 Å². The third-order valence-corrected chi connectivity index (χ3v) is 3.08. The lowest BCUT2D eigenvalue weighted by atomic mass is 9.97. The molecule has 1 atom stereocenters. The number of ether oxygens (including phenoxy) is 2. The van der Waals surface area contributed by atoms with Crippen molar-refractivity contribution in [3.05, 3.63) is 0 Å². The fraction of sp³-hybridized carbons (Fsp3) is 0.818. The van der Waals surface area contributed by atoms with Crippen LogP contribution >= 0.6 is 12.4 Å². The maximum atomic E-state index is 11.8. The molecule has 0 radical (unpaired) electrons. The van der Waals surface area contributed by atoms with Gasteiger partial charge in [-0.15, -0.1) is 12.4 Å². The van der Waals surface area contributed by atoms with E-state index < -0.39 is 17.6 Å². The van der Waals surface area contributed by atoms with Crippen molar-refractivity contribution in [3.8, 4) is 0 Å². The average molecular weight is 281 g/mol. The fourth-order valence-electron chi connectivity index (χ4n) is 2.14. The highest BCUT2D eigenvalue weighted by Crippen LogP contribution is 2.30. The van der Waals surface area contributed by atoms with Crippen LogP contribution in [0.1, 0.15) is 25.7 Å². The van der Waals surface area contributed by atoms with Crippen molar-refractivity contribution in [1.29, 1.82) is 0 Å². The van der Waals surface area contributed by atoms with Crippen LogP contribution in [0.3, 0.4) is 0 Å². The van der Waals surface area contributed by atoms with Crippen molar-refractivity contribution in [2.75, 3.05) is 20.8 Å². The van der Waals surface area contributed by atoms with Crippen LogP contribution in [-0.2, 0) is 19.1 Å². The standard InChI is InChI=1S/C11H20N2O4.ClH/c1-16-7-8(12)9(14)13-11(10(15)17-2)5-3-4-6-11;/h8H,3-7,12H2,1-2H3,(H,13,14);1H. The van der Waals surface area contributed by atoms with Crippen LogP contribution in [0.2, 0.25) is 0 Å². The second-order valence-corrected chi connectivity index (χ2v) is 4.33. The van der Waals surface area contributed by atoms with E-state index in [2.05, 4.69) is 5.32 Å². The van der Waals surface area contributed by atoms with Crippen LogP contribution in [0.4, 0.5) is 0 Å². The zero-order valence-electron chi connectivity index (χ0n) is 10.7. The van der Waals surface area contributed by atoms with Gasteiger partial charge in [0.15, 0.2) is 0 Å². The van der Waals surface area contributed by atoms with Crippen LogP contribution in [0, 0.1) is 0 Å². The fourth-order valence-corrected chi connectivity index (χ4v) is 2.14. The Morgan fingerprint density at radius 1 is 1.33 bits per heavy atom. The first kappa shape index (κ1) is 17.2. The summed E-state index contributed by atoms with van der Waals surface area (Å²) in [6, 6.07) is -0.762. The van der Waals surface area contributed by atoms with Gasteiger partial charge in [0.05, 0.1) is 13.7 Å². The maximum Gasteiger partial charge on any atom is 0.331 e. The number of methoxy groups -OCH3 is 2. The number of nitrogens with two attached hydrogens (primary N) is 1. The molecule has 0 aromatic heterocycles. The molecule has 0 aromatic rings. The van der Waals surface area contributed by atoms with Gasteiger partial charge in [-0.2, -0.15) is 0 Å². The summed E-state index contributed by atoms with van der Waals surface area (Å²) in [7, 11) is 2.79. The van der Waals surface area contributed by atoms with Gasteiger partial charge in [-0.05, 0) is 12.8 Å². The molecule has 0 spiro atoms. The van der Waals surface area contributed by atoms with E-state index >= 15 is 0 Å². The Morgan fingerprint density at radius 2 is 1.89 bits per heavy atom. The third-order valence-electron chi connectivity index (χ3n) is 3.08. The molecule has 106 valence electrons. The van der Waals surface area contributed by atoms with Gasteiger partial charge < -0.3 is 20.5 Å². The number of carbonyl (C=O) groups excluding carboxylic acids is 2. The minimum absolute atomic E-state index is 0. The molecule has 0 aromatic carbocycles. The zero-order valence-corrected chi connectivity index (χ0v) is 11.5. The summed E-state index contributed by atoms with van der Waals surface area (Å²) < 4.78 is 9.56. The lowest BCUT2D eigenvalue weighted by molar-refractivity contribution is -0.151. The van der Waals surface area contributed by atoms with Crippen LogP contribution < -0.4 is 11.1 Å². The van der Waals surface area contributed by atoms with Gasteiger partial charge in [0.2, 0.25) is 5.91 Å². The number of esters is 1. The van der Waals surface area contributed by atoms with E-state index in [9.17, 15) is 9.59 Å². The molecular weight excluding hydrogens is 260 g/mol. The van der Waals surface area contributed by atoms with Crippen molar-refractivity contribution in [2.45, 2.75) is 37.3 Å². The first-order valence-corrected chi connectivity index (χ1v) is 5.70. The maximum absolute atomic E-state index is 11.8. The number of hydrogen-bond donors (Lipinski definition) is 2. The molecule has 1 rings (SSSR count). The Bertz CT molecular complexity index is 293. The number of amides is 1. The van der Waals surface area contributed by atoms with Crippen molar-refractivity contribution in [1.82, 2.24) is 5.32 Å². The molecule has 1 amide bonds. The summed E-state index contributed by atoms with van der Waals surface area (Å²) in [4.78, 5) is 23.5. The molecule has 1 saturated carbocycles. The van der Waals surface area contributed by atoms with E-state index in [-0.39, 0.29) is 24.9 Å². The summed E-state index contributed by atoms with van der Waals surface area (Å²) in [5.74, 6) is -0.771. The number of halogens is 1. The van der Waals surface area contributed by atoms with Crippen LogP contribution in [-0.4, -0.2) is 44.3 Å². The third kappa shape index (κ3) is 3.83.